The number of para-hydroxylation sites is 2. The van der Waals surface area contributed by atoms with Crippen molar-refractivity contribution in [2.45, 2.75) is 33.2 Å². The van der Waals surface area contributed by atoms with E-state index in [4.69, 9.17) is 4.74 Å². The topological polar surface area (TPSA) is 68.5 Å². The number of hydrogen-bond acceptors (Lipinski definition) is 4. The number of carbonyl (C=O) groups excluding carboxylic acids is 1. The molecular weight excluding hydrogens is 356 g/mol. The number of aromatic nitrogens is 2. The van der Waals surface area contributed by atoms with Gasteiger partial charge in [0.2, 0.25) is 0 Å². The van der Waals surface area contributed by atoms with Gasteiger partial charge >= 0.3 is 11.7 Å². The minimum atomic E-state index is -0.362. The third-order valence-corrected chi connectivity index (χ3v) is 5.28. The molecule has 1 fully saturated rings. The monoisotopic (exact) mass is 388 g/mol. The van der Waals surface area contributed by atoms with E-state index >= 15 is 0 Å². The molecule has 0 radical (unpaired) electrons. The first kappa shape index (κ1) is 20.6. The minimum Gasteiger partial charge on any atom is -0.381 e. The van der Waals surface area contributed by atoms with Crippen LogP contribution in [0.4, 0.5) is 4.79 Å². The number of benzene rings is 1. The summed E-state index contributed by atoms with van der Waals surface area (Å²) in [5.74, 6) is 0.396. The molecule has 0 saturated carbocycles. The number of imidazole rings is 1. The highest BCUT2D eigenvalue weighted by Gasteiger charge is 2.24. The van der Waals surface area contributed by atoms with Crippen LogP contribution in [-0.2, 0) is 11.3 Å². The molecule has 154 valence electrons. The summed E-state index contributed by atoms with van der Waals surface area (Å²) in [6, 6.07) is 7.15. The number of carbonyl (C=O) groups is 1. The Morgan fingerprint density at radius 2 is 1.86 bits per heavy atom. The maximum absolute atomic E-state index is 13.1. The van der Waals surface area contributed by atoms with Crippen molar-refractivity contribution in [1.82, 2.24) is 19.4 Å². The Balaban J connectivity index is 1.85. The Morgan fingerprint density at radius 3 is 2.50 bits per heavy atom. The fourth-order valence-electron chi connectivity index (χ4n) is 4.07. The molecular formula is C21H32N4O3. The van der Waals surface area contributed by atoms with Crippen LogP contribution in [0.2, 0.25) is 0 Å². The van der Waals surface area contributed by atoms with Gasteiger partial charge in [-0.15, -0.1) is 0 Å². The van der Waals surface area contributed by atoms with E-state index in [0.717, 1.165) is 38.1 Å². The molecule has 28 heavy (non-hydrogen) atoms. The molecule has 0 bridgehead atoms. The largest absolute Gasteiger partial charge is 0.381 e. The van der Waals surface area contributed by atoms with Crippen molar-refractivity contribution in [2.24, 2.45) is 11.3 Å². The highest BCUT2D eigenvalue weighted by molar-refractivity contribution is 5.89. The average Bonchev–Trinajstić information content (AvgIpc) is 2.92. The van der Waals surface area contributed by atoms with E-state index in [1.165, 1.54) is 4.57 Å². The summed E-state index contributed by atoms with van der Waals surface area (Å²) >= 11 is 0. The Kier molecular flexibility index (Phi) is 6.25. The van der Waals surface area contributed by atoms with Gasteiger partial charge in [0, 0.05) is 32.8 Å². The zero-order valence-electron chi connectivity index (χ0n) is 17.4. The quantitative estimate of drug-likeness (QED) is 0.825. The number of rotatable bonds is 6. The summed E-state index contributed by atoms with van der Waals surface area (Å²) in [6.07, 6.45) is 1.88. The first-order valence-corrected chi connectivity index (χ1v) is 9.99. The van der Waals surface area contributed by atoms with Gasteiger partial charge in [-0.05, 0) is 50.4 Å². The summed E-state index contributed by atoms with van der Waals surface area (Å²) in [5, 5.41) is 2.96. The fourth-order valence-corrected chi connectivity index (χ4v) is 4.07. The molecule has 2 heterocycles. The van der Waals surface area contributed by atoms with Crippen LogP contribution in [0.3, 0.4) is 0 Å². The maximum Gasteiger partial charge on any atom is 0.337 e. The summed E-state index contributed by atoms with van der Waals surface area (Å²) in [6.45, 7) is 7.63. The van der Waals surface area contributed by atoms with Crippen molar-refractivity contribution in [2.75, 3.05) is 40.4 Å². The zero-order valence-corrected chi connectivity index (χ0v) is 17.4. The molecule has 0 aliphatic carbocycles. The van der Waals surface area contributed by atoms with Crippen molar-refractivity contribution in [3.05, 3.63) is 34.7 Å². The normalized spacial score (nSPS) is 16.0. The molecule has 1 aromatic carbocycles. The highest BCUT2D eigenvalue weighted by atomic mass is 16.5. The molecule has 7 heteroatoms. The van der Waals surface area contributed by atoms with Crippen molar-refractivity contribution >= 4 is 17.1 Å². The standard InChI is InChI=1S/C21H32N4O3/c1-21(2,15-23(3)4)14-22-19(26)25-18-8-6-5-7-17(18)24(20(25)27)13-16-9-11-28-12-10-16/h5-8,16H,9-15H2,1-4H3,(H,22,26). The number of hydrogen-bond donors (Lipinski definition) is 1. The SMILES string of the molecule is CN(C)CC(C)(C)CNC(=O)n1c(=O)n(CC2CCOCC2)c2ccccc21. The van der Waals surface area contributed by atoms with Gasteiger partial charge in [0.05, 0.1) is 11.0 Å². The van der Waals surface area contributed by atoms with E-state index in [9.17, 15) is 9.59 Å². The van der Waals surface area contributed by atoms with Crippen LogP contribution < -0.4 is 11.0 Å². The van der Waals surface area contributed by atoms with Crippen LogP contribution in [-0.4, -0.2) is 60.5 Å². The first-order chi connectivity index (χ1) is 13.3. The molecule has 1 aliphatic rings. The lowest BCUT2D eigenvalue weighted by Gasteiger charge is -2.28. The van der Waals surface area contributed by atoms with Crippen molar-refractivity contribution in [1.29, 1.82) is 0 Å². The second-order valence-corrected chi connectivity index (χ2v) is 8.83. The molecule has 1 amide bonds. The van der Waals surface area contributed by atoms with Crippen molar-refractivity contribution in [3.8, 4) is 0 Å². The van der Waals surface area contributed by atoms with Gasteiger partial charge < -0.3 is 15.0 Å². The Morgan fingerprint density at radius 1 is 1.21 bits per heavy atom. The van der Waals surface area contributed by atoms with E-state index in [0.29, 0.717) is 24.5 Å². The molecule has 0 atom stereocenters. The number of fused-ring (bicyclic) bond motifs is 1. The summed E-state index contributed by atoms with van der Waals surface area (Å²) in [7, 11) is 4.02. The van der Waals surface area contributed by atoms with Crippen LogP contribution in [0.25, 0.3) is 11.0 Å². The summed E-state index contributed by atoms with van der Waals surface area (Å²) in [4.78, 5) is 28.1. The van der Waals surface area contributed by atoms with Gasteiger partial charge in [0.1, 0.15) is 0 Å². The average molecular weight is 389 g/mol. The number of ether oxygens (including phenoxy) is 1. The van der Waals surface area contributed by atoms with Gasteiger partial charge in [-0.1, -0.05) is 26.0 Å². The molecule has 0 unspecified atom stereocenters. The van der Waals surface area contributed by atoms with Crippen molar-refractivity contribution < 1.29 is 9.53 Å². The minimum absolute atomic E-state index is 0.0940. The van der Waals surface area contributed by atoms with Gasteiger partial charge in [-0.3, -0.25) is 4.57 Å². The van der Waals surface area contributed by atoms with E-state index in [-0.39, 0.29) is 17.1 Å². The number of nitrogens with one attached hydrogen (secondary N) is 1. The lowest BCUT2D eigenvalue weighted by molar-refractivity contribution is 0.0613. The predicted molar refractivity (Wildman–Crippen MR) is 111 cm³/mol. The lowest BCUT2D eigenvalue weighted by atomic mass is 9.93. The molecule has 3 rings (SSSR count). The van der Waals surface area contributed by atoms with E-state index in [2.05, 4.69) is 24.1 Å². The number of amides is 1. The molecule has 1 aliphatic heterocycles. The molecule has 7 nitrogen and oxygen atoms in total. The van der Waals surface area contributed by atoms with Crippen LogP contribution in [0.1, 0.15) is 26.7 Å². The van der Waals surface area contributed by atoms with Crippen LogP contribution in [0.5, 0.6) is 0 Å². The fraction of sp³-hybridized carbons (Fsp3) is 0.619. The van der Waals surface area contributed by atoms with Gasteiger partial charge in [0.15, 0.2) is 0 Å². The third kappa shape index (κ3) is 4.64. The predicted octanol–water partition coefficient (Wildman–Crippen LogP) is 2.38. The van der Waals surface area contributed by atoms with Crippen LogP contribution >= 0.6 is 0 Å². The van der Waals surface area contributed by atoms with Crippen LogP contribution in [0.15, 0.2) is 29.1 Å². The van der Waals surface area contributed by atoms with E-state index in [1.807, 2.05) is 38.4 Å². The van der Waals surface area contributed by atoms with Crippen LogP contribution in [0, 0.1) is 11.3 Å². The Bertz CT molecular complexity index is 875. The molecule has 1 N–H and O–H groups in total. The van der Waals surface area contributed by atoms with Gasteiger partial charge in [-0.25, -0.2) is 14.2 Å². The molecule has 0 spiro atoms. The Labute approximate surface area is 166 Å². The summed E-state index contributed by atoms with van der Waals surface area (Å²) < 4.78 is 8.45. The van der Waals surface area contributed by atoms with Gasteiger partial charge in [-0.2, -0.15) is 0 Å². The van der Waals surface area contributed by atoms with E-state index < -0.39 is 0 Å². The Hall–Kier alpha value is -2.12. The number of nitrogens with zero attached hydrogens (tertiary/aromatic N) is 3. The molecule has 2 aromatic rings. The first-order valence-electron chi connectivity index (χ1n) is 9.99. The third-order valence-electron chi connectivity index (χ3n) is 5.28. The second-order valence-electron chi connectivity index (χ2n) is 8.83. The lowest BCUT2D eigenvalue weighted by Crippen LogP contribution is -2.44. The second kappa shape index (κ2) is 8.49. The smallest absolute Gasteiger partial charge is 0.337 e. The maximum atomic E-state index is 13.1. The van der Waals surface area contributed by atoms with Crippen molar-refractivity contribution in [3.63, 3.8) is 0 Å². The zero-order chi connectivity index (χ0) is 20.3. The van der Waals surface area contributed by atoms with E-state index in [1.54, 1.807) is 4.57 Å². The molecule has 1 saturated heterocycles. The van der Waals surface area contributed by atoms with Gasteiger partial charge in [0.25, 0.3) is 0 Å². The summed E-state index contributed by atoms with van der Waals surface area (Å²) in [5.41, 5.74) is 1.10. The highest BCUT2D eigenvalue weighted by Crippen LogP contribution is 2.20. The molecule has 1 aromatic heterocycles.